The summed E-state index contributed by atoms with van der Waals surface area (Å²) in [6, 6.07) is 0. The average molecular weight is 150 g/mol. The van der Waals surface area contributed by atoms with Gasteiger partial charge in [0.15, 0.2) is 5.11 Å². The van der Waals surface area contributed by atoms with Crippen LogP contribution in [0.1, 0.15) is 0 Å². The van der Waals surface area contributed by atoms with Gasteiger partial charge in [0, 0.05) is 19.3 Å². The molecule has 48 valence electrons. The highest BCUT2D eigenvalue weighted by molar-refractivity contribution is 7.80. The highest BCUT2D eigenvalue weighted by atomic mass is 32.1. The molecule has 4 heteroatoms. The zero-order valence-corrected chi connectivity index (χ0v) is 6.51. The molecule has 0 unspecified atom stereocenters. The van der Waals surface area contributed by atoms with E-state index in [1.165, 1.54) is 0 Å². The van der Waals surface area contributed by atoms with Gasteiger partial charge in [-0.3, -0.25) is 0 Å². The summed E-state index contributed by atoms with van der Waals surface area (Å²) in [4.78, 5) is 1.78. The van der Waals surface area contributed by atoms with Gasteiger partial charge in [0.25, 0.3) is 0 Å². The molecule has 0 saturated carbocycles. The molecule has 0 bridgehead atoms. The Hall–Kier alpha value is 0.0400. The van der Waals surface area contributed by atoms with Crippen molar-refractivity contribution in [3.05, 3.63) is 0 Å². The molecule has 2 N–H and O–H groups in total. The van der Waals surface area contributed by atoms with E-state index < -0.39 is 0 Å². The van der Waals surface area contributed by atoms with Crippen molar-refractivity contribution in [2.24, 2.45) is 5.73 Å². The maximum Gasteiger partial charge on any atom is 0.166 e. The molecule has 0 spiro atoms. The maximum atomic E-state index is 5.25. The van der Waals surface area contributed by atoms with Gasteiger partial charge in [0.05, 0.1) is 0 Å². The van der Waals surface area contributed by atoms with Gasteiger partial charge in [-0.05, 0) is 12.2 Å². The summed E-state index contributed by atoms with van der Waals surface area (Å²) < 4.78 is 0. The first-order valence-electron chi connectivity index (χ1n) is 2.30. The molecule has 8 heavy (non-hydrogen) atoms. The van der Waals surface area contributed by atoms with Crippen molar-refractivity contribution in [3.8, 4) is 0 Å². The number of thiol groups is 1. The number of rotatable bonds is 2. The molecule has 0 aliphatic rings. The third-order valence-electron chi connectivity index (χ3n) is 0.812. The van der Waals surface area contributed by atoms with E-state index in [4.69, 9.17) is 5.73 Å². The minimum absolute atomic E-state index is 0.430. The zero-order chi connectivity index (χ0) is 6.57. The predicted molar refractivity (Wildman–Crippen MR) is 43.3 cm³/mol. The Balaban J connectivity index is 3.32. The van der Waals surface area contributed by atoms with Crippen molar-refractivity contribution in [2.45, 2.75) is 0 Å². The van der Waals surface area contributed by atoms with Gasteiger partial charge < -0.3 is 10.6 Å². The normalized spacial score (nSPS) is 8.75. The average Bonchev–Trinajstić information content (AvgIpc) is 1.67. The smallest absolute Gasteiger partial charge is 0.166 e. The molecule has 0 atom stereocenters. The Labute approximate surface area is 60.4 Å². The van der Waals surface area contributed by atoms with E-state index in [0.29, 0.717) is 5.11 Å². The van der Waals surface area contributed by atoms with Gasteiger partial charge in [-0.2, -0.15) is 12.6 Å². The van der Waals surface area contributed by atoms with Crippen molar-refractivity contribution >= 4 is 30.0 Å². The molecule has 0 radical (unpaired) electrons. The first-order valence-corrected chi connectivity index (χ1v) is 3.34. The number of nitrogens with zero attached hydrogens (tertiary/aromatic N) is 1. The Bertz CT molecular complexity index is 84.1. The fourth-order valence-corrected chi connectivity index (χ4v) is 0.651. The largest absolute Gasteiger partial charge is 0.376 e. The maximum absolute atomic E-state index is 5.25. The van der Waals surface area contributed by atoms with Crippen LogP contribution in [0.4, 0.5) is 0 Å². The number of hydrogen-bond donors (Lipinski definition) is 2. The summed E-state index contributed by atoms with van der Waals surface area (Å²) in [6.45, 7) is 0.818. The Morgan fingerprint density at radius 2 is 2.38 bits per heavy atom. The summed E-state index contributed by atoms with van der Waals surface area (Å²) in [5.74, 6) is 0.786. The van der Waals surface area contributed by atoms with Gasteiger partial charge >= 0.3 is 0 Å². The fraction of sp³-hybridized carbons (Fsp3) is 0.750. The molecule has 2 nitrogen and oxygen atoms in total. The second-order valence-corrected chi connectivity index (χ2v) is 2.35. The number of thiocarbonyl (C=S) groups is 1. The van der Waals surface area contributed by atoms with Gasteiger partial charge in [-0.1, -0.05) is 0 Å². The topological polar surface area (TPSA) is 29.3 Å². The molecule has 0 heterocycles. The quantitative estimate of drug-likeness (QED) is 0.432. The summed E-state index contributed by atoms with van der Waals surface area (Å²) in [6.07, 6.45) is 0. The van der Waals surface area contributed by atoms with Crippen molar-refractivity contribution in [2.75, 3.05) is 19.3 Å². The van der Waals surface area contributed by atoms with Crippen molar-refractivity contribution in [3.63, 3.8) is 0 Å². The molecule has 0 saturated heterocycles. The molecular weight excluding hydrogens is 140 g/mol. The van der Waals surface area contributed by atoms with E-state index in [-0.39, 0.29) is 0 Å². The lowest BCUT2D eigenvalue weighted by atomic mass is 10.6. The SMILES string of the molecule is CN(CCS)C(N)=S. The molecule has 0 aromatic carbocycles. The van der Waals surface area contributed by atoms with Gasteiger partial charge in [-0.15, -0.1) is 0 Å². The molecule has 0 aliphatic heterocycles. The first-order chi connectivity index (χ1) is 3.68. The van der Waals surface area contributed by atoms with Gasteiger partial charge in [0.1, 0.15) is 0 Å². The summed E-state index contributed by atoms with van der Waals surface area (Å²) >= 11 is 8.65. The summed E-state index contributed by atoms with van der Waals surface area (Å²) in [5, 5.41) is 0.430. The zero-order valence-electron chi connectivity index (χ0n) is 4.79. The van der Waals surface area contributed by atoms with Crippen LogP contribution in [0, 0.1) is 0 Å². The van der Waals surface area contributed by atoms with Gasteiger partial charge in [0.2, 0.25) is 0 Å². The molecule has 0 fully saturated rings. The molecular formula is C4H10N2S2. The minimum atomic E-state index is 0.430. The monoisotopic (exact) mass is 150 g/mol. The molecule has 0 aliphatic carbocycles. The molecule has 0 aromatic heterocycles. The molecule has 0 aromatic rings. The predicted octanol–water partition coefficient (Wildman–Crippen LogP) is 0.0916. The lowest BCUT2D eigenvalue weighted by Gasteiger charge is -2.13. The second-order valence-electron chi connectivity index (χ2n) is 1.48. The van der Waals surface area contributed by atoms with Crippen LogP contribution >= 0.6 is 24.8 Å². The highest BCUT2D eigenvalue weighted by Gasteiger charge is 1.93. The molecule has 0 amide bonds. The summed E-state index contributed by atoms with van der Waals surface area (Å²) in [5.41, 5.74) is 5.25. The van der Waals surface area contributed by atoms with E-state index in [1.807, 2.05) is 7.05 Å². The molecule has 0 rings (SSSR count). The van der Waals surface area contributed by atoms with Crippen LogP contribution in [0.5, 0.6) is 0 Å². The van der Waals surface area contributed by atoms with Crippen LogP contribution in [0.15, 0.2) is 0 Å². The van der Waals surface area contributed by atoms with Gasteiger partial charge in [-0.25, -0.2) is 0 Å². The van der Waals surface area contributed by atoms with E-state index in [2.05, 4.69) is 24.8 Å². The van der Waals surface area contributed by atoms with Crippen LogP contribution in [-0.4, -0.2) is 29.4 Å². The van der Waals surface area contributed by atoms with Crippen molar-refractivity contribution < 1.29 is 0 Å². The van der Waals surface area contributed by atoms with Crippen LogP contribution in [0.25, 0.3) is 0 Å². The second kappa shape index (κ2) is 3.97. The van der Waals surface area contributed by atoms with Crippen molar-refractivity contribution in [1.29, 1.82) is 0 Å². The third-order valence-corrected chi connectivity index (χ3v) is 1.32. The van der Waals surface area contributed by atoms with E-state index in [1.54, 1.807) is 4.90 Å². The Morgan fingerprint density at radius 1 is 1.88 bits per heavy atom. The van der Waals surface area contributed by atoms with Crippen LogP contribution in [-0.2, 0) is 0 Å². The summed E-state index contributed by atoms with van der Waals surface area (Å²) in [7, 11) is 1.85. The Morgan fingerprint density at radius 3 is 2.50 bits per heavy atom. The highest BCUT2D eigenvalue weighted by Crippen LogP contribution is 1.82. The fourth-order valence-electron chi connectivity index (χ4n) is 0.260. The van der Waals surface area contributed by atoms with E-state index in [9.17, 15) is 0 Å². The minimum Gasteiger partial charge on any atom is -0.376 e. The lowest BCUT2D eigenvalue weighted by molar-refractivity contribution is 0.545. The first kappa shape index (κ1) is 8.04. The van der Waals surface area contributed by atoms with Crippen LogP contribution < -0.4 is 5.73 Å². The Kier molecular flexibility index (Phi) is 3.99. The third kappa shape index (κ3) is 3.10. The standard InChI is InChI=1S/C4H10N2S2/c1-6(2-3-7)4(5)8/h7H,2-3H2,1H3,(H2,5,8). The lowest BCUT2D eigenvalue weighted by Crippen LogP contribution is -2.33. The van der Waals surface area contributed by atoms with Crippen LogP contribution in [0.2, 0.25) is 0 Å². The van der Waals surface area contributed by atoms with Crippen molar-refractivity contribution in [1.82, 2.24) is 4.90 Å². The number of hydrogen-bond acceptors (Lipinski definition) is 2. The number of nitrogens with two attached hydrogens (primary N) is 1. The van der Waals surface area contributed by atoms with Crippen LogP contribution in [0.3, 0.4) is 0 Å². The van der Waals surface area contributed by atoms with E-state index in [0.717, 1.165) is 12.3 Å². The van der Waals surface area contributed by atoms with E-state index >= 15 is 0 Å².